The molecule has 0 atom stereocenters. The van der Waals surface area contributed by atoms with Crippen LogP contribution in [-0.2, 0) is 0 Å². The number of nitrogens with zero attached hydrogens (tertiary/aromatic N) is 4. The summed E-state index contributed by atoms with van der Waals surface area (Å²) in [4.78, 5) is 0. The van der Waals surface area contributed by atoms with E-state index in [2.05, 4.69) is 0 Å². The SMILES string of the molecule is c1ccc(OP2(Oc3ccccc3)=NP(Oc3ccccc3)(Oc3ccccc3)=NP(Oc3ccccc3)(Oc3ccccc3)=NP(Oc3ccccc3)(Oc3ccccc3)=N2)cc1. The Morgan fingerprint density at radius 1 is 0.172 bits per heavy atom. The van der Waals surface area contributed by atoms with Gasteiger partial charge in [-0.25, -0.2) is 0 Å². The minimum atomic E-state index is -4.35. The number of hydrogen-bond acceptors (Lipinski definition) is 12. The van der Waals surface area contributed by atoms with Gasteiger partial charge in [-0.05, 0) is 97.1 Å². The Morgan fingerprint density at radius 3 is 0.391 bits per heavy atom. The predicted octanol–water partition coefficient (Wildman–Crippen LogP) is 16.4. The van der Waals surface area contributed by atoms with Crippen LogP contribution >= 0.6 is 30.6 Å². The summed E-state index contributed by atoms with van der Waals surface area (Å²) in [5.41, 5.74) is 0. The average Bonchev–Trinajstić information content (AvgIpc) is 3.31. The van der Waals surface area contributed by atoms with E-state index in [0.717, 1.165) is 0 Å². The van der Waals surface area contributed by atoms with Crippen molar-refractivity contribution in [1.82, 2.24) is 0 Å². The first kappa shape index (κ1) is 42.4. The molecule has 9 rings (SSSR count). The Morgan fingerprint density at radius 2 is 0.281 bits per heavy atom. The molecule has 1 heterocycles. The van der Waals surface area contributed by atoms with Crippen molar-refractivity contribution >= 4 is 30.6 Å². The molecule has 8 aromatic carbocycles. The van der Waals surface area contributed by atoms with Gasteiger partial charge in [-0.1, -0.05) is 164 Å². The molecule has 0 saturated carbocycles. The second-order valence-corrected chi connectivity index (χ2v) is 21.8. The van der Waals surface area contributed by atoms with Crippen molar-refractivity contribution in [3.8, 4) is 46.0 Å². The number of benzene rings is 8. The zero-order valence-corrected chi connectivity index (χ0v) is 37.5. The first-order valence-corrected chi connectivity index (χ1v) is 26.1. The second kappa shape index (κ2) is 19.6. The summed E-state index contributed by atoms with van der Waals surface area (Å²) >= 11 is 0. The van der Waals surface area contributed by atoms with E-state index in [1.807, 2.05) is 146 Å². The van der Waals surface area contributed by atoms with Crippen LogP contribution in [0.5, 0.6) is 46.0 Å². The zero-order chi connectivity index (χ0) is 43.4. The van der Waals surface area contributed by atoms with E-state index in [1.54, 1.807) is 97.1 Å². The van der Waals surface area contributed by atoms with Gasteiger partial charge in [0.25, 0.3) is 0 Å². The standard InChI is InChI=1S/C48H40N4O8P4/c1-9-25-41(26-10-1)53-61(54-42-27-11-2-12-28-42)49-62(55-43-29-13-3-14-30-43,56-44-31-15-4-16-32-44)51-64(59-47-37-21-7-22-38-47,60-48-39-23-8-24-40-48)52-63(50-61,57-45-33-17-5-18-34-45)58-46-35-19-6-20-36-46/h1-40H. The van der Waals surface area contributed by atoms with Crippen LogP contribution in [0.4, 0.5) is 0 Å². The highest BCUT2D eigenvalue weighted by Gasteiger charge is 2.49. The molecule has 320 valence electrons. The molecule has 1 aliphatic rings. The third-order valence-electron chi connectivity index (χ3n) is 8.64. The Bertz CT molecular complexity index is 2370. The largest absolute Gasteiger partial charge is 0.460 e. The summed E-state index contributed by atoms with van der Waals surface area (Å²) in [5, 5.41) is 0. The molecule has 0 N–H and O–H groups in total. The van der Waals surface area contributed by atoms with Crippen LogP contribution in [0.25, 0.3) is 0 Å². The molecule has 64 heavy (non-hydrogen) atoms. The summed E-state index contributed by atoms with van der Waals surface area (Å²) in [7, 11) is -17.4. The van der Waals surface area contributed by atoms with Gasteiger partial charge in [0.2, 0.25) is 0 Å². The highest BCUT2D eigenvalue weighted by molar-refractivity contribution is 7.79. The molecule has 0 aliphatic carbocycles. The summed E-state index contributed by atoms with van der Waals surface area (Å²) < 4.78 is 78.5. The summed E-state index contributed by atoms with van der Waals surface area (Å²) in [5.74, 6) is 2.87. The molecule has 0 saturated heterocycles. The monoisotopic (exact) mass is 924 g/mol. The van der Waals surface area contributed by atoms with Gasteiger partial charge < -0.3 is 36.2 Å². The normalized spacial score (nSPS) is 15.2. The molecule has 0 unspecified atom stereocenters. The minimum Gasteiger partial charge on any atom is -0.413 e. The topological polar surface area (TPSA) is 123 Å². The molecular formula is C48H40N4O8P4. The van der Waals surface area contributed by atoms with Crippen LogP contribution in [0.2, 0.25) is 0 Å². The summed E-state index contributed by atoms with van der Waals surface area (Å²) in [6.07, 6.45) is 0. The fraction of sp³-hybridized carbons (Fsp3) is 0. The quantitative estimate of drug-likeness (QED) is 0.0878. The van der Waals surface area contributed by atoms with Crippen LogP contribution in [-0.4, -0.2) is 0 Å². The third kappa shape index (κ3) is 11.0. The first-order chi connectivity index (χ1) is 31.5. The lowest BCUT2D eigenvalue weighted by Crippen LogP contribution is -2.11. The van der Waals surface area contributed by atoms with E-state index in [0.29, 0.717) is 46.0 Å². The molecule has 8 aromatic rings. The Labute approximate surface area is 372 Å². The zero-order valence-electron chi connectivity index (χ0n) is 33.9. The van der Waals surface area contributed by atoms with E-state index in [1.165, 1.54) is 0 Å². The van der Waals surface area contributed by atoms with Crippen molar-refractivity contribution in [2.24, 2.45) is 18.1 Å². The summed E-state index contributed by atoms with van der Waals surface area (Å²) in [6.45, 7) is 0. The van der Waals surface area contributed by atoms with E-state index in [9.17, 15) is 0 Å². The molecule has 0 amide bonds. The van der Waals surface area contributed by atoms with Crippen LogP contribution in [0.3, 0.4) is 0 Å². The molecule has 0 fully saturated rings. The fourth-order valence-electron chi connectivity index (χ4n) is 5.96. The smallest absolute Gasteiger partial charge is 0.413 e. The molecule has 1 aliphatic heterocycles. The summed E-state index contributed by atoms with van der Waals surface area (Å²) in [6, 6.07) is 72.6. The van der Waals surface area contributed by atoms with Crippen LogP contribution < -0.4 is 36.2 Å². The Kier molecular flexibility index (Phi) is 13.0. The second-order valence-electron chi connectivity index (χ2n) is 13.6. The molecule has 12 nitrogen and oxygen atoms in total. The molecule has 0 aromatic heterocycles. The van der Waals surface area contributed by atoms with Crippen LogP contribution in [0.15, 0.2) is 261 Å². The van der Waals surface area contributed by atoms with Gasteiger partial charge in [-0.15, -0.1) is 0 Å². The van der Waals surface area contributed by atoms with Gasteiger partial charge in [0.05, 0.1) is 0 Å². The van der Waals surface area contributed by atoms with Crippen molar-refractivity contribution in [3.05, 3.63) is 243 Å². The third-order valence-corrected chi connectivity index (χ3v) is 19.5. The Balaban J connectivity index is 1.48. The van der Waals surface area contributed by atoms with Crippen molar-refractivity contribution in [2.75, 3.05) is 0 Å². The van der Waals surface area contributed by atoms with Gasteiger partial charge in [-0.3, -0.25) is 0 Å². The molecule has 16 heteroatoms. The van der Waals surface area contributed by atoms with Gasteiger partial charge >= 0.3 is 30.6 Å². The van der Waals surface area contributed by atoms with Crippen LogP contribution in [0.1, 0.15) is 0 Å². The van der Waals surface area contributed by atoms with Crippen molar-refractivity contribution in [1.29, 1.82) is 0 Å². The maximum atomic E-state index is 7.05. The van der Waals surface area contributed by atoms with Crippen molar-refractivity contribution in [2.45, 2.75) is 0 Å². The average molecular weight is 925 g/mol. The highest BCUT2D eigenvalue weighted by Crippen LogP contribution is 2.79. The lowest BCUT2D eigenvalue weighted by molar-refractivity contribution is 0.444. The van der Waals surface area contributed by atoms with Crippen LogP contribution in [0, 0.1) is 0 Å². The van der Waals surface area contributed by atoms with Gasteiger partial charge in [0.1, 0.15) is 46.0 Å². The highest BCUT2D eigenvalue weighted by atomic mass is 31.3. The molecule has 0 spiro atoms. The van der Waals surface area contributed by atoms with E-state index in [4.69, 9.17) is 54.3 Å². The fourth-order valence-corrected chi connectivity index (χ4v) is 18.0. The van der Waals surface area contributed by atoms with Crippen molar-refractivity contribution in [3.63, 3.8) is 0 Å². The minimum absolute atomic E-state index is 0.358. The number of hydrogen-bond donors (Lipinski definition) is 0. The van der Waals surface area contributed by atoms with Gasteiger partial charge in [-0.2, -0.15) is 0 Å². The maximum Gasteiger partial charge on any atom is 0.460 e. The van der Waals surface area contributed by atoms with Gasteiger partial charge in [0, 0.05) is 0 Å². The van der Waals surface area contributed by atoms with Crippen molar-refractivity contribution < 1.29 is 36.2 Å². The van der Waals surface area contributed by atoms with E-state index < -0.39 is 30.6 Å². The van der Waals surface area contributed by atoms with Gasteiger partial charge in [0.15, 0.2) is 0 Å². The molecule has 0 bridgehead atoms. The number of rotatable bonds is 16. The first-order valence-electron chi connectivity index (χ1n) is 20.0. The lowest BCUT2D eigenvalue weighted by Gasteiger charge is -2.33. The predicted molar refractivity (Wildman–Crippen MR) is 254 cm³/mol. The maximum absolute atomic E-state index is 7.05. The molecular weight excluding hydrogens is 884 g/mol. The Hall–Kier alpha value is -6.92. The lowest BCUT2D eigenvalue weighted by atomic mass is 10.3. The van der Waals surface area contributed by atoms with E-state index in [-0.39, 0.29) is 0 Å². The number of para-hydroxylation sites is 8. The van der Waals surface area contributed by atoms with E-state index >= 15 is 0 Å². The molecule has 0 radical (unpaired) electrons.